The zero-order chi connectivity index (χ0) is 15.0. The minimum Gasteiger partial charge on any atom is -0.383 e. The molecule has 5 nitrogen and oxygen atoms in total. The molecule has 0 aliphatic rings. The molecule has 1 unspecified atom stereocenters. The number of rotatable bonds is 9. The third kappa shape index (κ3) is 5.45. The maximum Gasteiger partial charge on any atom is 0.270 e. The lowest BCUT2D eigenvalue weighted by molar-refractivity contribution is -0.384. The molecule has 0 aliphatic carbocycles. The summed E-state index contributed by atoms with van der Waals surface area (Å²) < 4.78 is 5.19. The molecule has 1 aromatic rings. The Balaban J connectivity index is 2.60. The minimum atomic E-state index is -0.438. The lowest BCUT2D eigenvalue weighted by Gasteiger charge is -2.17. The summed E-state index contributed by atoms with van der Waals surface area (Å²) in [5.74, 6) is 0. The molecule has 0 spiro atoms. The molecule has 0 fully saturated rings. The number of methoxy groups -OCH3 is 1. The molecule has 0 aliphatic heterocycles. The summed E-state index contributed by atoms with van der Waals surface area (Å²) in [4.78, 5) is 10.2. The average Bonchev–Trinajstić information content (AvgIpc) is 2.42. The second-order valence-corrected chi connectivity index (χ2v) is 5.09. The predicted molar refractivity (Wildman–Crippen MR) is 80.4 cm³/mol. The largest absolute Gasteiger partial charge is 0.383 e. The van der Waals surface area contributed by atoms with Crippen LogP contribution in [0.25, 0.3) is 0 Å². The molecule has 1 atom stereocenters. The molecule has 0 saturated heterocycles. The lowest BCUT2D eigenvalue weighted by Crippen LogP contribution is -2.34. The van der Waals surface area contributed by atoms with E-state index in [0.29, 0.717) is 11.6 Å². The maximum absolute atomic E-state index is 10.7. The van der Waals surface area contributed by atoms with Gasteiger partial charge in [-0.2, -0.15) is 0 Å². The third-order valence-corrected chi connectivity index (χ3v) is 3.41. The summed E-state index contributed by atoms with van der Waals surface area (Å²) in [6.07, 6.45) is 2.71. The van der Waals surface area contributed by atoms with Crippen LogP contribution in [-0.4, -0.2) is 31.2 Å². The standard InChI is InChI=1S/C14H21ClN2O3/c1-3-8-16-12(10-20-2)6-4-11-5-7-13(17(18)19)9-14(11)15/h5,7,9,12,16H,3-4,6,8,10H2,1-2H3. The van der Waals surface area contributed by atoms with Gasteiger partial charge in [0.2, 0.25) is 0 Å². The maximum atomic E-state index is 10.7. The minimum absolute atomic E-state index is 0.0244. The van der Waals surface area contributed by atoms with Crippen LogP contribution in [0.5, 0.6) is 0 Å². The molecule has 0 bridgehead atoms. The number of non-ortho nitro benzene ring substituents is 1. The number of nitrogens with zero attached hydrogens (tertiary/aromatic N) is 1. The first kappa shape index (κ1) is 16.9. The fourth-order valence-corrected chi connectivity index (χ4v) is 2.25. The van der Waals surface area contributed by atoms with Gasteiger partial charge in [0.25, 0.3) is 5.69 Å². The quantitative estimate of drug-likeness (QED) is 0.562. The number of aryl methyl sites for hydroxylation is 1. The summed E-state index contributed by atoms with van der Waals surface area (Å²) >= 11 is 6.08. The Kier molecular flexibility index (Phi) is 7.51. The van der Waals surface area contributed by atoms with Crippen molar-refractivity contribution in [1.29, 1.82) is 0 Å². The van der Waals surface area contributed by atoms with Crippen LogP contribution in [0.2, 0.25) is 5.02 Å². The van der Waals surface area contributed by atoms with Crippen molar-refractivity contribution in [3.8, 4) is 0 Å². The van der Waals surface area contributed by atoms with Crippen molar-refractivity contribution < 1.29 is 9.66 Å². The first-order chi connectivity index (χ1) is 9.58. The number of nitro groups is 1. The van der Waals surface area contributed by atoms with E-state index in [1.807, 2.05) is 0 Å². The van der Waals surface area contributed by atoms with Crippen LogP contribution in [0.1, 0.15) is 25.3 Å². The molecular formula is C14H21ClN2O3. The first-order valence-electron chi connectivity index (χ1n) is 6.73. The Labute approximate surface area is 124 Å². The van der Waals surface area contributed by atoms with Gasteiger partial charge in [0.05, 0.1) is 16.6 Å². The number of hydrogen-bond donors (Lipinski definition) is 1. The number of benzene rings is 1. The number of ether oxygens (including phenoxy) is 1. The van der Waals surface area contributed by atoms with Gasteiger partial charge in [-0.05, 0) is 31.4 Å². The van der Waals surface area contributed by atoms with Gasteiger partial charge in [0.15, 0.2) is 0 Å². The predicted octanol–water partition coefficient (Wildman–Crippen LogP) is 3.20. The molecule has 20 heavy (non-hydrogen) atoms. The van der Waals surface area contributed by atoms with Crippen LogP contribution in [0, 0.1) is 10.1 Å². The van der Waals surface area contributed by atoms with Crippen LogP contribution in [0.15, 0.2) is 18.2 Å². The van der Waals surface area contributed by atoms with Crippen LogP contribution < -0.4 is 5.32 Å². The van der Waals surface area contributed by atoms with E-state index in [0.717, 1.165) is 31.4 Å². The van der Waals surface area contributed by atoms with Crippen molar-refractivity contribution in [2.75, 3.05) is 20.3 Å². The summed E-state index contributed by atoms with van der Waals surface area (Å²) in [5.41, 5.74) is 0.952. The van der Waals surface area contributed by atoms with E-state index < -0.39 is 4.92 Å². The van der Waals surface area contributed by atoms with Gasteiger partial charge < -0.3 is 10.1 Å². The molecule has 112 valence electrons. The number of halogens is 1. The van der Waals surface area contributed by atoms with Crippen molar-refractivity contribution >= 4 is 17.3 Å². The van der Waals surface area contributed by atoms with Crippen LogP contribution in [0.4, 0.5) is 5.69 Å². The van der Waals surface area contributed by atoms with Crippen molar-refractivity contribution in [3.63, 3.8) is 0 Å². The Morgan fingerprint density at radius 1 is 1.50 bits per heavy atom. The van der Waals surface area contributed by atoms with Crippen molar-refractivity contribution in [2.24, 2.45) is 0 Å². The fourth-order valence-electron chi connectivity index (χ4n) is 1.98. The highest BCUT2D eigenvalue weighted by molar-refractivity contribution is 6.31. The fraction of sp³-hybridized carbons (Fsp3) is 0.571. The summed E-state index contributed by atoms with van der Waals surface area (Å²) in [6.45, 7) is 3.71. The molecule has 0 aromatic heterocycles. The van der Waals surface area contributed by atoms with Crippen LogP contribution >= 0.6 is 11.6 Å². The van der Waals surface area contributed by atoms with E-state index >= 15 is 0 Å². The molecule has 1 rings (SSSR count). The van der Waals surface area contributed by atoms with Gasteiger partial charge in [-0.25, -0.2) is 0 Å². The monoisotopic (exact) mass is 300 g/mol. The second-order valence-electron chi connectivity index (χ2n) is 4.68. The molecule has 0 radical (unpaired) electrons. The Hall–Kier alpha value is -1.17. The van der Waals surface area contributed by atoms with Gasteiger partial charge in [-0.1, -0.05) is 24.6 Å². The topological polar surface area (TPSA) is 64.4 Å². The zero-order valence-corrected chi connectivity index (χ0v) is 12.7. The average molecular weight is 301 g/mol. The normalized spacial score (nSPS) is 12.3. The van der Waals surface area contributed by atoms with E-state index in [1.165, 1.54) is 12.1 Å². The second kappa shape index (κ2) is 8.89. The van der Waals surface area contributed by atoms with Crippen molar-refractivity contribution in [3.05, 3.63) is 38.9 Å². The van der Waals surface area contributed by atoms with Gasteiger partial charge in [0, 0.05) is 25.3 Å². The van der Waals surface area contributed by atoms with Gasteiger partial charge in [-0.15, -0.1) is 0 Å². The highest BCUT2D eigenvalue weighted by Gasteiger charge is 2.12. The summed E-state index contributed by atoms with van der Waals surface area (Å²) in [5, 5.41) is 14.5. The molecule has 0 saturated carbocycles. The van der Waals surface area contributed by atoms with Gasteiger partial charge in [-0.3, -0.25) is 10.1 Å². The lowest BCUT2D eigenvalue weighted by atomic mass is 10.0. The number of nitro benzene ring substituents is 1. The van der Waals surface area contributed by atoms with Crippen molar-refractivity contribution in [2.45, 2.75) is 32.2 Å². The van der Waals surface area contributed by atoms with Crippen LogP contribution in [0.3, 0.4) is 0 Å². The van der Waals surface area contributed by atoms with E-state index in [9.17, 15) is 10.1 Å². The Morgan fingerprint density at radius 3 is 2.80 bits per heavy atom. The smallest absolute Gasteiger partial charge is 0.270 e. The third-order valence-electron chi connectivity index (χ3n) is 3.06. The molecule has 6 heteroatoms. The number of nitrogens with one attached hydrogen (secondary N) is 1. The molecule has 0 amide bonds. The van der Waals surface area contributed by atoms with E-state index in [-0.39, 0.29) is 11.7 Å². The summed E-state index contributed by atoms with van der Waals surface area (Å²) in [7, 11) is 1.68. The van der Waals surface area contributed by atoms with E-state index in [2.05, 4.69) is 12.2 Å². The number of hydrogen-bond acceptors (Lipinski definition) is 4. The highest BCUT2D eigenvalue weighted by atomic mass is 35.5. The van der Waals surface area contributed by atoms with Gasteiger partial charge in [0.1, 0.15) is 0 Å². The first-order valence-corrected chi connectivity index (χ1v) is 7.11. The van der Waals surface area contributed by atoms with Crippen LogP contribution in [-0.2, 0) is 11.2 Å². The van der Waals surface area contributed by atoms with Crippen molar-refractivity contribution in [1.82, 2.24) is 5.32 Å². The van der Waals surface area contributed by atoms with Gasteiger partial charge >= 0.3 is 0 Å². The zero-order valence-electron chi connectivity index (χ0n) is 11.9. The molecular weight excluding hydrogens is 280 g/mol. The molecule has 0 heterocycles. The molecule has 1 aromatic carbocycles. The molecule has 1 N–H and O–H groups in total. The van der Waals surface area contributed by atoms with E-state index in [1.54, 1.807) is 13.2 Å². The Morgan fingerprint density at radius 2 is 2.25 bits per heavy atom. The highest BCUT2D eigenvalue weighted by Crippen LogP contribution is 2.23. The van der Waals surface area contributed by atoms with E-state index in [4.69, 9.17) is 16.3 Å². The Bertz CT molecular complexity index is 440. The SMILES string of the molecule is CCCNC(CCc1ccc([N+](=O)[O-])cc1Cl)COC. The summed E-state index contributed by atoms with van der Waals surface area (Å²) in [6, 6.07) is 4.89.